The fourth-order valence-corrected chi connectivity index (χ4v) is 4.91. The van der Waals surface area contributed by atoms with Crippen molar-refractivity contribution in [1.29, 1.82) is 0 Å². The van der Waals surface area contributed by atoms with Gasteiger partial charge < -0.3 is 9.64 Å². The molecule has 10 heteroatoms. The van der Waals surface area contributed by atoms with Gasteiger partial charge in [-0.2, -0.15) is 0 Å². The van der Waals surface area contributed by atoms with Crippen LogP contribution >= 0.6 is 0 Å². The van der Waals surface area contributed by atoms with Crippen molar-refractivity contribution < 1.29 is 27.1 Å². The Hall–Kier alpha value is -2.82. The smallest absolute Gasteiger partial charge is 0.337 e. The summed E-state index contributed by atoms with van der Waals surface area (Å²) in [5.74, 6) is -1.26. The van der Waals surface area contributed by atoms with E-state index in [0.29, 0.717) is 18.7 Å². The zero-order valence-corrected chi connectivity index (χ0v) is 20.4. The predicted molar refractivity (Wildman–Crippen MR) is 126 cm³/mol. The summed E-state index contributed by atoms with van der Waals surface area (Å²) in [6, 6.07) is 11.2. The molecule has 1 fully saturated rings. The van der Waals surface area contributed by atoms with Gasteiger partial charge in [-0.15, -0.1) is 0 Å². The highest BCUT2D eigenvalue weighted by Crippen LogP contribution is 2.23. The molecule has 0 aliphatic carbocycles. The molecule has 1 heterocycles. The molecule has 2 aromatic carbocycles. The van der Waals surface area contributed by atoms with Gasteiger partial charge in [-0.05, 0) is 30.2 Å². The summed E-state index contributed by atoms with van der Waals surface area (Å²) in [5.41, 5.74) is 1.87. The highest BCUT2D eigenvalue weighted by Gasteiger charge is 2.23. The van der Waals surface area contributed by atoms with Crippen LogP contribution in [0.3, 0.4) is 0 Å². The molecule has 0 radical (unpaired) electrons. The second-order valence-corrected chi connectivity index (χ2v) is 10.4. The van der Waals surface area contributed by atoms with Crippen LogP contribution in [0.25, 0.3) is 0 Å². The first kappa shape index (κ1) is 25.8. The zero-order chi connectivity index (χ0) is 24.9. The van der Waals surface area contributed by atoms with Crippen molar-refractivity contribution in [3.8, 4) is 0 Å². The first-order valence-electron chi connectivity index (χ1n) is 11.0. The summed E-state index contributed by atoms with van der Waals surface area (Å²) in [6.07, 6.45) is 0. The number of nitrogens with one attached hydrogen (secondary N) is 1. The van der Waals surface area contributed by atoms with Gasteiger partial charge in [0, 0.05) is 51.8 Å². The minimum absolute atomic E-state index is 0.0563. The van der Waals surface area contributed by atoms with Gasteiger partial charge in [-0.3, -0.25) is 9.69 Å². The Bertz CT molecular complexity index is 1130. The number of amides is 1. The molecule has 0 spiro atoms. The molecule has 2 aromatic rings. The number of benzene rings is 2. The van der Waals surface area contributed by atoms with E-state index in [1.807, 2.05) is 17.0 Å². The largest absolute Gasteiger partial charge is 0.465 e. The van der Waals surface area contributed by atoms with Crippen LogP contribution in [-0.2, 0) is 32.6 Å². The van der Waals surface area contributed by atoms with Crippen LogP contribution in [0.4, 0.5) is 4.39 Å². The standard InChI is InChI=1S/C24H30FN3O5S/c1-17(34(31,32)26-15-22-9-8-21(14-23(22)25)24(30)33-3)20-6-4-19(5-7-20)16-27-10-12-28(13-11-27)18(2)29/h4-9,14,17,26H,10-13,15-16H2,1-3H3. The number of rotatable bonds is 8. The normalized spacial score (nSPS) is 15.7. The molecular weight excluding hydrogens is 461 g/mol. The van der Waals surface area contributed by atoms with E-state index in [2.05, 4.69) is 14.4 Å². The molecule has 1 amide bonds. The number of halogens is 1. The average Bonchev–Trinajstić information content (AvgIpc) is 2.83. The number of esters is 1. The second-order valence-electron chi connectivity index (χ2n) is 8.33. The second kappa shape index (κ2) is 11.1. The molecule has 1 atom stereocenters. The van der Waals surface area contributed by atoms with Gasteiger partial charge in [0.15, 0.2) is 0 Å². The summed E-state index contributed by atoms with van der Waals surface area (Å²) >= 11 is 0. The van der Waals surface area contributed by atoms with Gasteiger partial charge in [0.2, 0.25) is 15.9 Å². The lowest BCUT2D eigenvalue weighted by Gasteiger charge is -2.34. The minimum Gasteiger partial charge on any atom is -0.465 e. The van der Waals surface area contributed by atoms with E-state index < -0.39 is 27.1 Å². The Morgan fingerprint density at radius 2 is 1.74 bits per heavy atom. The van der Waals surface area contributed by atoms with Gasteiger partial charge in [0.05, 0.1) is 17.9 Å². The van der Waals surface area contributed by atoms with E-state index in [4.69, 9.17) is 0 Å². The number of hydrogen-bond acceptors (Lipinski definition) is 6. The first-order chi connectivity index (χ1) is 16.1. The number of carbonyl (C=O) groups is 2. The molecule has 184 valence electrons. The van der Waals surface area contributed by atoms with Crippen molar-refractivity contribution in [1.82, 2.24) is 14.5 Å². The highest BCUT2D eigenvalue weighted by atomic mass is 32.2. The van der Waals surface area contributed by atoms with E-state index in [0.717, 1.165) is 31.3 Å². The van der Waals surface area contributed by atoms with Crippen molar-refractivity contribution in [2.75, 3.05) is 33.3 Å². The van der Waals surface area contributed by atoms with Gasteiger partial charge in [0.1, 0.15) is 5.82 Å². The summed E-state index contributed by atoms with van der Waals surface area (Å²) in [5, 5.41) is -0.835. The summed E-state index contributed by atoms with van der Waals surface area (Å²) in [6.45, 7) is 6.67. The third-order valence-electron chi connectivity index (χ3n) is 6.08. The van der Waals surface area contributed by atoms with Crippen LogP contribution in [0.2, 0.25) is 0 Å². The van der Waals surface area contributed by atoms with Crippen LogP contribution in [0.1, 0.15) is 46.1 Å². The summed E-state index contributed by atoms with van der Waals surface area (Å²) in [4.78, 5) is 27.0. The van der Waals surface area contributed by atoms with Gasteiger partial charge in [-0.1, -0.05) is 30.3 Å². The van der Waals surface area contributed by atoms with Crippen LogP contribution in [0.5, 0.6) is 0 Å². The first-order valence-corrected chi connectivity index (χ1v) is 12.6. The Morgan fingerprint density at radius 1 is 1.09 bits per heavy atom. The lowest BCUT2D eigenvalue weighted by atomic mass is 10.1. The molecule has 1 saturated heterocycles. The van der Waals surface area contributed by atoms with Gasteiger partial charge in [0.25, 0.3) is 0 Å². The van der Waals surface area contributed by atoms with Gasteiger partial charge in [-0.25, -0.2) is 22.3 Å². The SMILES string of the molecule is COC(=O)c1ccc(CNS(=O)(=O)C(C)c2ccc(CN3CCN(C(C)=O)CC3)cc2)c(F)c1. The van der Waals surface area contributed by atoms with Crippen LogP contribution in [-0.4, -0.2) is 63.4 Å². The molecule has 3 rings (SSSR count). The summed E-state index contributed by atoms with van der Waals surface area (Å²) < 4.78 is 46.8. The fourth-order valence-electron chi connectivity index (χ4n) is 3.79. The lowest BCUT2D eigenvalue weighted by molar-refractivity contribution is -0.130. The molecule has 1 N–H and O–H groups in total. The maximum atomic E-state index is 14.3. The summed E-state index contributed by atoms with van der Waals surface area (Å²) in [7, 11) is -2.57. The number of nitrogens with zero attached hydrogens (tertiary/aromatic N) is 2. The molecule has 0 aromatic heterocycles. The third-order valence-corrected chi connectivity index (χ3v) is 7.83. The van der Waals surface area contributed by atoms with Gasteiger partial charge >= 0.3 is 5.97 Å². The van der Waals surface area contributed by atoms with Crippen LogP contribution < -0.4 is 4.72 Å². The minimum atomic E-state index is -3.77. The molecule has 0 bridgehead atoms. The molecule has 1 aliphatic rings. The van der Waals surface area contributed by atoms with Crippen molar-refractivity contribution in [2.24, 2.45) is 0 Å². The number of ether oxygens (including phenoxy) is 1. The fraction of sp³-hybridized carbons (Fsp3) is 0.417. The maximum Gasteiger partial charge on any atom is 0.337 e. The molecule has 1 aliphatic heterocycles. The lowest BCUT2D eigenvalue weighted by Crippen LogP contribution is -2.47. The van der Waals surface area contributed by atoms with E-state index in [1.165, 1.54) is 19.2 Å². The number of carbonyl (C=O) groups excluding carboxylic acids is 2. The van der Waals surface area contributed by atoms with E-state index in [9.17, 15) is 22.4 Å². The van der Waals surface area contributed by atoms with E-state index in [-0.39, 0.29) is 23.6 Å². The Balaban J connectivity index is 1.58. The Kier molecular flexibility index (Phi) is 8.40. The van der Waals surface area contributed by atoms with Crippen molar-refractivity contribution in [3.05, 3.63) is 70.5 Å². The molecule has 0 saturated carbocycles. The van der Waals surface area contributed by atoms with Crippen LogP contribution in [0.15, 0.2) is 42.5 Å². The quantitative estimate of drug-likeness (QED) is 0.570. The predicted octanol–water partition coefficient (Wildman–Crippen LogP) is 2.46. The molecule has 8 nitrogen and oxygen atoms in total. The number of methoxy groups -OCH3 is 1. The van der Waals surface area contributed by atoms with E-state index in [1.54, 1.807) is 26.0 Å². The van der Waals surface area contributed by atoms with Crippen molar-refractivity contribution in [3.63, 3.8) is 0 Å². The highest BCUT2D eigenvalue weighted by molar-refractivity contribution is 7.89. The molecule has 1 unspecified atom stereocenters. The number of hydrogen-bond donors (Lipinski definition) is 1. The Morgan fingerprint density at radius 3 is 2.29 bits per heavy atom. The van der Waals surface area contributed by atoms with Crippen molar-refractivity contribution in [2.45, 2.75) is 32.2 Å². The third kappa shape index (κ3) is 6.40. The molecule has 34 heavy (non-hydrogen) atoms. The average molecular weight is 492 g/mol. The topological polar surface area (TPSA) is 96.0 Å². The maximum absolute atomic E-state index is 14.3. The van der Waals surface area contributed by atoms with Crippen molar-refractivity contribution >= 4 is 21.9 Å². The van der Waals surface area contributed by atoms with Crippen LogP contribution in [0, 0.1) is 5.82 Å². The zero-order valence-electron chi connectivity index (χ0n) is 19.6. The monoisotopic (exact) mass is 491 g/mol. The van der Waals surface area contributed by atoms with E-state index >= 15 is 0 Å². The number of sulfonamides is 1. The molecular formula is C24H30FN3O5S. The Labute approximate surface area is 199 Å². The number of piperazine rings is 1.